The summed E-state index contributed by atoms with van der Waals surface area (Å²) >= 11 is 0. The Morgan fingerprint density at radius 1 is 1.19 bits per heavy atom. The van der Waals surface area contributed by atoms with Crippen molar-refractivity contribution in [3.8, 4) is 0 Å². The Kier molecular flexibility index (Phi) is 6.24. The summed E-state index contributed by atoms with van der Waals surface area (Å²) in [5.41, 5.74) is 1.67. The topological polar surface area (TPSA) is 73.9 Å². The van der Waals surface area contributed by atoms with Crippen LogP contribution in [0.25, 0.3) is 0 Å². The van der Waals surface area contributed by atoms with Crippen LogP contribution in [0.15, 0.2) is 24.3 Å². The molecule has 1 aromatic rings. The van der Waals surface area contributed by atoms with Crippen LogP contribution in [0.2, 0.25) is 0 Å². The molecule has 26 heavy (non-hydrogen) atoms. The van der Waals surface area contributed by atoms with Crippen LogP contribution in [0, 0.1) is 0 Å². The molecule has 2 aliphatic heterocycles. The molecule has 7 heteroatoms. The Morgan fingerprint density at radius 3 is 2.54 bits per heavy atom. The highest BCUT2D eigenvalue weighted by Gasteiger charge is 2.28. The molecule has 2 heterocycles. The minimum atomic E-state index is -0.318. The third-order valence-electron chi connectivity index (χ3n) is 5.06. The molecule has 2 fully saturated rings. The van der Waals surface area contributed by atoms with Crippen molar-refractivity contribution >= 4 is 11.8 Å². The van der Waals surface area contributed by atoms with E-state index in [0.717, 1.165) is 31.7 Å². The molecule has 0 aromatic heterocycles. The van der Waals surface area contributed by atoms with Gasteiger partial charge in [0.05, 0.1) is 12.7 Å². The predicted molar refractivity (Wildman–Crippen MR) is 98.9 cm³/mol. The normalized spacial score (nSPS) is 24.3. The van der Waals surface area contributed by atoms with Crippen LogP contribution in [0.4, 0.5) is 0 Å². The van der Waals surface area contributed by atoms with E-state index in [2.05, 4.69) is 22.6 Å². The van der Waals surface area contributed by atoms with Crippen LogP contribution in [-0.2, 0) is 16.1 Å². The lowest BCUT2D eigenvalue weighted by atomic mass is 10.1. The zero-order chi connectivity index (χ0) is 18.5. The van der Waals surface area contributed by atoms with Crippen LogP contribution < -0.4 is 10.6 Å². The summed E-state index contributed by atoms with van der Waals surface area (Å²) < 4.78 is 5.50. The average molecular weight is 360 g/mol. The van der Waals surface area contributed by atoms with E-state index in [9.17, 15) is 9.59 Å². The molecule has 0 unspecified atom stereocenters. The number of amides is 2. The van der Waals surface area contributed by atoms with E-state index in [4.69, 9.17) is 4.74 Å². The van der Waals surface area contributed by atoms with Crippen molar-refractivity contribution in [2.75, 3.05) is 46.4 Å². The third kappa shape index (κ3) is 4.60. The monoisotopic (exact) mass is 360 g/mol. The molecule has 0 spiro atoms. The highest BCUT2D eigenvalue weighted by atomic mass is 16.5. The molecule has 142 valence electrons. The summed E-state index contributed by atoms with van der Waals surface area (Å²) in [5.74, 6) is 0.0147. The van der Waals surface area contributed by atoms with Crippen molar-refractivity contribution in [3.63, 3.8) is 0 Å². The van der Waals surface area contributed by atoms with Crippen LogP contribution in [0.3, 0.4) is 0 Å². The first-order valence-corrected chi connectivity index (χ1v) is 9.24. The van der Waals surface area contributed by atoms with Crippen LogP contribution in [-0.4, -0.2) is 80.1 Å². The number of benzene rings is 1. The zero-order valence-corrected chi connectivity index (χ0v) is 15.5. The molecule has 2 saturated heterocycles. The van der Waals surface area contributed by atoms with Crippen LogP contribution in [0.5, 0.6) is 0 Å². The maximum Gasteiger partial charge on any atom is 0.253 e. The summed E-state index contributed by atoms with van der Waals surface area (Å²) in [7, 11) is 2.07. The Bertz CT molecular complexity index is 626. The molecule has 2 aliphatic rings. The zero-order valence-electron chi connectivity index (χ0n) is 15.5. The number of ether oxygens (including phenoxy) is 1. The molecule has 3 rings (SSSR count). The first kappa shape index (κ1) is 18.8. The second kappa shape index (κ2) is 8.62. The van der Waals surface area contributed by atoms with Gasteiger partial charge in [0.25, 0.3) is 5.91 Å². The number of carbonyl (C=O) groups is 2. The number of nitrogens with zero attached hydrogens (tertiary/aromatic N) is 2. The van der Waals surface area contributed by atoms with Crippen molar-refractivity contribution in [2.45, 2.75) is 25.6 Å². The van der Waals surface area contributed by atoms with Crippen molar-refractivity contribution in [3.05, 3.63) is 35.4 Å². The van der Waals surface area contributed by atoms with Gasteiger partial charge in [-0.25, -0.2) is 0 Å². The number of piperazine rings is 1. The standard InChI is InChI=1S/C19H28N4O3/c1-14-17(20-7-12-26-14)18(24)21-13-15-3-5-16(6-4-15)19(25)23-10-8-22(2)9-11-23/h3-6,14,17,20H,7-13H2,1-2H3,(H,21,24)/t14-,17+/m1/s1. The Morgan fingerprint density at radius 2 is 1.88 bits per heavy atom. The van der Waals surface area contributed by atoms with E-state index < -0.39 is 0 Å². The number of morpholine rings is 1. The number of carbonyl (C=O) groups excluding carboxylic acids is 2. The quantitative estimate of drug-likeness (QED) is 0.795. The van der Waals surface area contributed by atoms with E-state index in [-0.39, 0.29) is 24.0 Å². The highest BCUT2D eigenvalue weighted by Crippen LogP contribution is 2.10. The van der Waals surface area contributed by atoms with Crippen molar-refractivity contribution in [2.24, 2.45) is 0 Å². The maximum absolute atomic E-state index is 12.5. The van der Waals surface area contributed by atoms with Crippen LogP contribution in [0.1, 0.15) is 22.8 Å². The summed E-state index contributed by atoms with van der Waals surface area (Å²) in [6, 6.07) is 7.16. The minimum absolute atomic E-state index is 0.0604. The van der Waals surface area contributed by atoms with Crippen molar-refractivity contribution < 1.29 is 14.3 Å². The maximum atomic E-state index is 12.5. The van der Waals surface area contributed by atoms with Crippen molar-refractivity contribution in [1.29, 1.82) is 0 Å². The molecular weight excluding hydrogens is 332 g/mol. The Labute approximate surface area is 154 Å². The molecule has 0 aliphatic carbocycles. The lowest BCUT2D eigenvalue weighted by molar-refractivity contribution is -0.129. The van der Waals surface area contributed by atoms with E-state index >= 15 is 0 Å². The lowest BCUT2D eigenvalue weighted by Crippen LogP contribution is -2.55. The van der Waals surface area contributed by atoms with Gasteiger partial charge in [0, 0.05) is 44.8 Å². The first-order valence-electron chi connectivity index (χ1n) is 9.24. The van der Waals surface area contributed by atoms with Gasteiger partial charge in [0.1, 0.15) is 6.04 Å². The van der Waals surface area contributed by atoms with Gasteiger partial charge in [0.15, 0.2) is 0 Å². The average Bonchev–Trinajstić information content (AvgIpc) is 2.67. The van der Waals surface area contributed by atoms with Gasteiger partial charge in [-0.3, -0.25) is 9.59 Å². The Hall–Kier alpha value is -1.96. The summed E-state index contributed by atoms with van der Waals surface area (Å²) in [4.78, 5) is 28.9. The molecule has 2 amide bonds. The number of hydrogen-bond donors (Lipinski definition) is 2. The molecular formula is C19H28N4O3. The smallest absolute Gasteiger partial charge is 0.253 e. The van der Waals surface area contributed by atoms with Gasteiger partial charge in [-0.2, -0.15) is 0 Å². The molecule has 2 atom stereocenters. The van der Waals surface area contributed by atoms with Gasteiger partial charge in [0.2, 0.25) is 5.91 Å². The number of likely N-dealkylation sites (N-methyl/N-ethyl adjacent to an activating group) is 1. The first-order chi connectivity index (χ1) is 12.5. The number of rotatable bonds is 4. The molecule has 2 N–H and O–H groups in total. The summed E-state index contributed by atoms with van der Waals surface area (Å²) in [5, 5.41) is 6.11. The minimum Gasteiger partial charge on any atom is -0.375 e. The highest BCUT2D eigenvalue weighted by molar-refractivity contribution is 5.94. The third-order valence-corrected chi connectivity index (χ3v) is 5.06. The fraction of sp³-hybridized carbons (Fsp3) is 0.579. The van der Waals surface area contributed by atoms with Gasteiger partial charge in [-0.1, -0.05) is 12.1 Å². The number of nitrogens with one attached hydrogen (secondary N) is 2. The SMILES string of the molecule is C[C@H]1OCCN[C@@H]1C(=O)NCc1ccc(C(=O)N2CCN(C)CC2)cc1. The Balaban J connectivity index is 1.51. The van der Waals surface area contributed by atoms with Gasteiger partial charge >= 0.3 is 0 Å². The fourth-order valence-electron chi connectivity index (χ4n) is 3.28. The number of hydrogen-bond acceptors (Lipinski definition) is 5. The lowest BCUT2D eigenvalue weighted by Gasteiger charge is -2.32. The van der Waals surface area contributed by atoms with E-state index in [1.807, 2.05) is 36.1 Å². The van der Waals surface area contributed by atoms with E-state index in [0.29, 0.717) is 25.3 Å². The van der Waals surface area contributed by atoms with E-state index in [1.165, 1.54) is 0 Å². The van der Waals surface area contributed by atoms with Gasteiger partial charge < -0.3 is 25.2 Å². The molecule has 7 nitrogen and oxygen atoms in total. The second-order valence-corrected chi connectivity index (χ2v) is 7.02. The molecule has 0 bridgehead atoms. The largest absolute Gasteiger partial charge is 0.375 e. The van der Waals surface area contributed by atoms with Crippen molar-refractivity contribution in [1.82, 2.24) is 20.4 Å². The summed E-state index contributed by atoms with van der Waals surface area (Å²) in [6.45, 7) is 7.01. The second-order valence-electron chi connectivity index (χ2n) is 7.02. The predicted octanol–water partition coefficient (Wildman–Crippen LogP) is 0.0673. The molecule has 0 radical (unpaired) electrons. The molecule has 1 aromatic carbocycles. The van der Waals surface area contributed by atoms with Gasteiger partial charge in [-0.15, -0.1) is 0 Å². The fourth-order valence-corrected chi connectivity index (χ4v) is 3.28. The summed E-state index contributed by atoms with van der Waals surface area (Å²) in [6.07, 6.45) is -0.132. The van der Waals surface area contributed by atoms with E-state index in [1.54, 1.807) is 0 Å². The molecule has 0 saturated carbocycles. The van der Waals surface area contributed by atoms with Gasteiger partial charge in [-0.05, 0) is 31.7 Å². The van der Waals surface area contributed by atoms with Crippen LogP contribution >= 0.6 is 0 Å².